The third-order valence-electron chi connectivity index (χ3n) is 7.26. The van der Waals surface area contributed by atoms with E-state index in [1.54, 1.807) is 6.92 Å². The van der Waals surface area contributed by atoms with Crippen LogP contribution in [0.1, 0.15) is 39.8 Å². The second-order valence-corrected chi connectivity index (χ2v) is 17.7. The third-order valence-corrected chi connectivity index (χ3v) is 11.2. The molecule has 2 amide bonds. The fourth-order valence-electron chi connectivity index (χ4n) is 4.62. The Morgan fingerprint density at radius 3 is 2.43 bits per heavy atom. The summed E-state index contributed by atoms with van der Waals surface area (Å²) in [5.41, 5.74) is 7.79. The Morgan fingerprint density at radius 2 is 1.78 bits per heavy atom. The van der Waals surface area contributed by atoms with Crippen LogP contribution in [0.5, 0.6) is 0 Å². The topological polar surface area (TPSA) is 403 Å². The van der Waals surface area contributed by atoms with E-state index in [0.717, 1.165) is 29.0 Å². The van der Waals surface area contributed by atoms with Gasteiger partial charge in [-0.2, -0.15) is 0 Å². The van der Waals surface area contributed by atoms with Crippen molar-refractivity contribution in [2.45, 2.75) is 70.3 Å². The van der Waals surface area contributed by atoms with Gasteiger partial charge in [-0.15, -0.1) is 0 Å². The van der Waals surface area contributed by atoms with Gasteiger partial charge >= 0.3 is 0 Å². The summed E-state index contributed by atoms with van der Waals surface area (Å²) in [5, 5.41) is 26.1. The summed E-state index contributed by atoms with van der Waals surface area (Å²) in [7, 11) is -17.6. The summed E-state index contributed by atoms with van der Waals surface area (Å²) in [5.74, 6) is -1.22. The number of fused-ring (bicyclic) bond motifs is 1. The molecule has 3 rings (SSSR count). The first kappa shape index (κ1) is 45.9. The van der Waals surface area contributed by atoms with Crippen molar-refractivity contribution in [2.75, 3.05) is 37.8 Å². The van der Waals surface area contributed by atoms with Crippen LogP contribution >= 0.6 is 35.2 Å². The first-order chi connectivity index (χ1) is 24.9. The van der Waals surface area contributed by atoms with Gasteiger partial charge in [-0.1, -0.05) is 25.6 Å². The molecule has 3 heterocycles. The minimum atomic E-state index is -5.91. The average Bonchev–Trinajstić information content (AvgIpc) is 3.60. The van der Waals surface area contributed by atoms with Crippen LogP contribution < -0.4 is 41.7 Å². The highest BCUT2D eigenvalue weighted by molar-refractivity contribution is 8.13. The minimum absolute atomic E-state index is 0.0219. The molecule has 306 valence electrons. The number of nitrogens with two attached hydrogens (primary N) is 1. The first-order valence-electron chi connectivity index (χ1n) is 15.7. The molecule has 0 saturated carbocycles. The van der Waals surface area contributed by atoms with E-state index in [0.29, 0.717) is 12.2 Å². The minimum Gasteiger partial charge on any atom is -0.790 e. The number of ether oxygens (including phenoxy) is 1. The number of rotatable bonds is 21. The molecule has 2 aromatic heterocycles. The summed E-state index contributed by atoms with van der Waals surface area (Å²) >= 11 is 1.05. The molecule has 0 aliphatic carbocycles. The van der Waals surface area contributed by atoms with Crippen LogP contribution in [0.2, 0.25) is 0 Å². The van der Waals surface area contributed by atoms with Crippen molar-refractivity contribution in [1.29, 1.82) is 0 Å². The number of imidazole rings is 1. The van der Waals surface area contributed by atoms with Gasteiger partial charge in [-0.25, -0.2) is 19.3 Å². The molecule has 1 aliphatic heterocycles. The Kier molecular flexibility index (Phi) is 16.2. The average molecular weight is 850 g/mol. The normalized spacial score (nSPS) is 22.6. The summed E-state index contributed by atoms with van der Waals surface area (Å²) in [6.45, 7) is 1.89. The van der Waals surface area contributed by atoms with Crippen LogP contribution in [0.3, 0.4) is 0 Å². The molecule has 1 fully saturated rings. The maximum absolute atomic E-state index is 12.5. The summed E-state index contributed by atoms with van der Waals surface area (Å²) in [6.07, 6.45) is -7.29. The monoisotopic (exact) mass is 849 g/mol. The zero-order valence-corrected chi connectivity index (χ0v) is 32.4. The molecule has 8 atom stereocenters. The summed E-state index contributed by atoms with van der Waals surface area (Å²) < 4.78 is 60.4. The van der Waals surface area contributed by atoms with Gasteiger partial charge in [0.05, 0.1) is 39.8 Å². The standard InChI is InChI=1S/C25H43N8O17P3S/c1-13(26)8-16(35)54-7-6-28-15(34)4-5-29-23(38)20(37)25(2,3)10-47-53(44,45)50-52(42,43)46-9-14-19(49-51(39,40)41)18(36)24(48-14)33-12-32-17-21(27)30-11-31-22(17)33/h11-14,18-20,24,36-37H,4-10,26H2,1-3H3,(H,28,34)(H,29,38)(H,42,43)(H,44,45)(H2,27,30,31)(H2,39,40,41)/p-3/t13-,14+,18+,19+,20-,24+/m0/s1. The number of nitrogen functional groups attached to an aromatic ring is 1. The number of nitrogens with zero attached hydrogens (tertiary/aromatic N) is 4. The highest BCUT2D eigenvalue weighted by Gasteiger charge is 2.47. The van der Waals surface area contributed by atoms with Gasteiger partial charge in [-0.05, 0) is 6.92 Å². The number of phosphoric acid groups is 3. The molecule has 0 bridgehead atoms. The van der Waals surface area contributed by atoms with E-state index in [9.17, 15) is 57.9 Å². The lowest BCUT2D eigenvalue weighted by Gasteiger charge is -2.36. The molecule has 9 N–H and O–H groups in total. The second kappa shape index (κ2) is 19.1. The van der Waals surface area contributed by atoms with Gasteiger partial charge in [0.2, 0.25) is 11.8 Å². The molecule has 29 heteroatoms. The van der Waals surface area contributed by atoms with Gasteiger partial charge in [-0.3, -0.25) is 28.1 Å². The number of phosphoric ester groups is 3. The lowest BCUT2D eigenvalue weighted by molar-refractivity contribution is -0.412. The number of aliphatic hydroxyl groups excluding tert-OH is 2. The largest absolute Gasteiger partial charge is 0.790 e. The van der Waals surface area contributed by atoms with Crippen molar-refractivity contribution in [3.63, 3.8) is 0 Å². The van der Waals surface area contributed by atoms with Crippen molar-refractivity contribution >= 4 is 69.1 Å². The summed E-state index contributed by atoms with van der Waals surface area (Å²) in [4.78, 5) is 95.5. The van der Waals surface area contributed by atoms with Crippen LogP contribution in [0.4, 0.5) is 5.82 Å². The Bertz CT molecular complexity index is 1780. The number of hydrogen-bond acceptors (Lipinski definition) is 22. The number of thioether (sulfide) groups is 1. The van der Waals surface area contributed by atoms with Crippen LogP contribution in [0.15, 0.2) is 12.7 Å². The van der Waals surface area contributed by atoms with Gasteiger partial charge in [0.15, 0.2) is 22.8 Å². The number of carbonyl (C=O) groups is 3. The predicted molar refractivity (Wildman–Crippen MR) is 175 cm³/mol. The maximum atomic E-state index is 12.5. The van der Waals surface area contributed by atoms with Crippen molar-refractivity contribution in [3.05, 3.63) is 12.7 Å². The van der Waals surface area contributed by atoms with E-state index in [4.69, 9.17) is 10.5 Å². The zero-order chi connectivity index (χ0) is 40.6. The fourth-order valence-corrected chi connectivity index (χ4v) is 8.19. The first-order valence-corrected chi connectivity index (χ1v) is 21.1. The van der Waals surface area contributed by atoms with Crippen molar-refractivity contribution in [2.24, 2.45) is 5.41 Å². The Morgan fingerprint density at radius 1 is 1.11 bits per heavy atom. The number of quaternary nitrogens is 1. The Hall–Kier alpha value is -2.48. The van der Waals surface area contributed by atoms with Crippen LogP contribution in [-0.2, 0) is 50.7 Å². The number of aliphatic hydroxyl groups is 2. The number of anilines is 1. The van der Waals surface area contributed by atoms with Gasteiger partial charge in [0, 0.05) is 30.7 Å². The van der Waals surface area contributed by atoms with E-state index >= 15 is 0 Å². The van der Waals surface area contributed by atoms with E-state index in [1.165, 1.54) is 13.8 Å². The van der Waals surface area contributed by atoms with Crippen LogP contribution in [-0.4, -0.2) is 109 Å². The quantitative estimate of drug-likeness (QED) is 0.0507. The molecule has 2 unspecified atom stereocenters. The molecule has 1 saturated heterocycles. The van der Waals surface area contributed by atoms with Crippen molar-refractivity contribution < 1.29 is 86.2 Å². The van der Waals surface area contributed by atoms with Crippen molar-refractivity contribution in [1.82, 2.24) is 30.2 Å². The van der Waals surface area contributed by atoms with Crippen molar-refractivity contribution in [3.8, 4) is 0 Å². The SMILES string of the molecule is C[C@H]([NH3+])CC(=O)SCCNC(=O)CCNC(=O)[C@H](O)C(C)(C)COP(=O)([O-])OP(=O)([O-])OC[C@H]1O[C@@H](n2cnc3c(N)ncnc32)[C@H](O)[C@@H]1OP(=O)([O-])[O-]. The lowest BCUT2D eigenvalue weighted by atomic mass is 9.87. The highest BCUT2D eigenvalue weighted by atomic mass is 32.2. The number of amides is 2. The van der Waals surface area contributed by atoms with Gasteiger partial charge < -0.3 is 74.8 Å². The molecule has 25 nitrogen and oxygen atoms in total. The highest BCUT2D eigenvalue weighted by Crippen LogP contribution is 2.56. The predicted octanol–water partition coefficient (Wildman–Crippen LogP) is -4.84. The molecule has 1 aliphatic rings. The molecular weight excluding hydrogens is 809 g/mol. The lowest BCUT2D eigenvalue weighted by Crippen LogP contribution is -2.59. The summed E-state index contributed by atoms with van der Waals surface area (Å²) in [6, 6.07) is -0.0383. The van der Waals surface area contributed by atoms with E-state index in [-0.39, 0.29) is 47.6 Å². The smallest absolute Gasteiger partial charge is 0.274 e. The Balaban J connectivity index is 1.51. The molecule has 0 aromatic carbocycles. The number of hydrogen-bond donors (Lipinski definition) is 6. The molecule has 0 radical (unpaired) electrons. The molecular formula is C25H40N8O17P3S-3. The van der Waals surface area contributed by atoms with Crippen LogP contribution in [0.25, 0.3) is 11.2 Å². The molecule has 2 aromatic rings. The third kappa shape index (κ3) is 13.9. The van der Waals surface area contributed by atoms with Crippen LogP contribution in [0, 0.1) is 5.41 Å². The molecule has 54 heavy (non-hydrogen) atoms. The van der Waals surface area contributed by atoms with Gasteiger partial charge in [0.25, 0.3) is 15.6 Å². The zero-order valence-electron chi connectivity index (χ0n) is 28.9. The van der Waals surface area contributed by atoms with E-state index < -0.39 is 84.6 Å². The second-order valence-electron chi connectivity index (χ2n) is 12.5. The molecule has 0 spiro atoms. The Labute approximate surface area is 311 Å². The number of carbonyl (C=O) groups excluding carboxylic acids is 3. The maximum Gasteiger partial charge on any atom is 0.274 e. The van der Waals surface area contributed by atoms with Gasteiger partial charge in [0.1, 0.15) is 36.3 Å². The number of aromatic nitrogens is 4. The fraction of sp³-hybridized carbons (Fsp3) is 0.680. The number of nitrogens with one attached hydrogen (secondary N) is 2. The van der Waals surface area contributed by atoms with E-state index in [1.807, 2.05) is 0 Å². The van der Waals surface area contributed by atoms with E-state index in [2.05, 4.69) is 49.2 Å².